The van der Waals surface area contributed by atoms with E-state index >= 15 is 0 Å². The second-order valence-corrected chi connectivity index (χ2v) is 7.90. The molecule has 0 saturated heterocycles. The van der Waals surface area contributed by atoms with E-state index in [0.717, 1.165) is 40.1 Å². The predicted octanol–water partition coefficient (Wildman–Crippen LogP) is 7.51. The third-order valence-corrected chi connectivity index (χ3v) is 6.05. The monoisotopic (exact) mass is 593 g/mol. The molecule has 0 saturated carbocycles. The fraction of sp³-hybridized carbons (Fsp3) is 0.143. The molecule has 0 unspecified atom stereocenters. The van der Waals surface area contributed by atoms with Gasteiger partial charge in [0.2, 0.25) is 0 Å². The van der Waals surface area contributed by atoms with Gasteiger partial charge in [-0.2, -0.15) is 0 Å². The van der Waals surface area contributed by atoms with Crippen LogP contribution in [0, 0.1) is 26.5 Å². The van der Waals surface area contributed by atoms with E-state index in [9.17, 15) is 0 Å². The van der Waals surface area contributed by atoms with Crippen LogP contribution in [0.5, 0.6) is 0 Å². The van der Waals surface area contributed by atoms with Crippen LogP contribution in [-0.2, 0) is 26.7 Å². The van der Waals surface area contributed by atoms with Crippen LogP contribution < -0.4 is 0 Å². The van der Waals surface area contributed by atoms with Crippen molar-refractivity contribution in [3.05, 3.63) is 95.5 Å². The Hall–Kier alpha value is -3.25. The molecule has 1 radical (unpaired) electrons. The second kappa shape index (κ2) is 8.71. The summed E-state index contributed by atoms with van der Waals surface area (Å²) in [6, 6.07) is 24.2. The van der Waals surface area contributed by atoms with Crippen molar-refractivity contribution in [1.29, 1.82) is 0 Å². The van der Waals surface area contributed by atoms with Crippen molar-refractivity contribution in [2.24, 2.45) is 0 Å². The van der Waals surface area contributed by atoms with E-state index < -0.39 is 0 Å². The number of hydrogen-bond acceptors (Lipinski definition) is 1. The molecule has 2 heterocycles. The summed E-state index contributed by atoms with van der Waals surface area (Å²) in [7, 11) is 0. The molecule has 4 heteroatoms. The summed E-state index contributed by atoms with van der Waals surface area (Å²) >= 11 is 0. The molecule has 2 aromatic heterocycles. The fourth-order valence-corrected chi connectivity index (χ4v) is 4.43. The molecule has 3 aromatic carbocycles. The first-order chi connectivity index (χ1) is 15.1. The van der Waals surface area contributed by atoms with E-state index in [1.807, 2.05) is 24.4 Å². The van der Waals surface area contributed by atoms with E-state index in [4.69, 9.17) is 11.6 Å². The van der Waals surface area contributed by atoms with E-state index in [1.54, 1.807) is 0 Å². The summed E-state index contributed by atoms with van der Waals surface area (Å²) in [5, 5.41) is 2.49. The molecule has 32 heavy (non-hydrogen) atoms. The third-order valence-electron chi connectivity index (χ3n) is 6.05. The Labute approximate surface area is 201 Å². The molecule has 0 atom stereocenters. The summed E-state index contributed by atoms with van der Waals surface area (Å²) in [6.07, 6.45) is 1.92. The first kappa shape index (κ1) is 22.0. The summed E-state index contributed by atoms with van der Waals surface area (Å²) in [5.74, 6) is 0. The Kier molecular flexibility index (Phi) is 5.98. The second-order valence-electron chi connectivity index (χ2n) is 7.90. The van der Waals surface area contributed by atoms with Gasteiger partial charge in [0.25, 0.3) is 0 Å². The van der Waals surface area contributed by atoms with Gasteiger partial charge in [0.1, 0.15) is 0 Å². The first-order valence-corrected chi connectivity index (χ1v) is 10.5. The van der Waals surface area contributed by atoms with Gasteiger partial charge in [-0.05, 0) is 66.2 Å². The minimum absolute atomic E-state index is 0. The van der Waals surface area contributed by atoms with Gasteiger partial charge in [0.15, 0.2) is 5.69 Å². The summed E-state index contributed by atoms with van der Waals surface area (Å²) in [4.78, 5) is 8.36. The van der Waals surface area contributed by atoms with Crippen LogP contribution in [0.2, 0.25) is 0 Å². The number of pyridine rings is 1. The molecule has 0 bridgehead atoms. The van der Waals surface area contributed by atoms with Crippen LogP contribution in [0.15, 0.2) is 66.9 Å². The number of para-hydroxylation sites is 1. The first-order valence-electron chi connectivity index (χ1n) is 10.5. The topological polar surface area (TPSA) is 22.2 Å². The number of aromatic nitrogens is 2. The van der Waals surface area contributed by atoms with Gasteiger partial charge < -0.3 is 9.55 Å². The van der Waals surface area contributed by atoms with Gasteiger partial charge in [0.05, 0.1) is 6.57 Å². The van der Waals surface area contributed by atoms with Crippen LogP contribution in [0.3, 0.4) is 0 Å². The SMILES string of the molecule is [C-]#[N+]c1ccc(C)c(-c2cnc(-c3[c-]cc4c(c3)c3ccccc3n4CC)cc2C)c1.[Ir]. The maximum atomic E-state index is 7.32. The van der Waals surface area contributed by atoms with E-state index in [-0.39, 0.29) is 20.1 Å². The largest absolute Gasteiger partial charge is 0.381 e. The number of aryl methyl sites for hydroxylation is 3. The minimum atomic E-state index is 0. The van der Waals surface area contributed by atoms with Crippen molar-refractivity contribution in [2.75, 3.05) is 0 Å². The molecule has 0 spiro atoms. The van der Waals surface area contributed by atoms with Gasteiger partial charge in [0, 0.05) is 43.9 Å². The number of rotatable bonds is 3. The number of nitrogens with zero attached hydrogens (tertiary/aromatic N) is 3. The molecule has 0 N–H and O–H groups in total. The predicted molar refractivity (Wildman–Crippen MR) is 128 cm³/mol. The molecular weight excluding hydrogens is 571 g/mol. The molecule has 0 aliphatic heterocycles. The molecule has 5 rings (SSSR count). The molecule has 0 fully saturated rings. The standard InChI is InChI=1S/C28H22N3.Ir/c1-5-31-27-9-7-6-8-22(27)24-15-20(11-13-28(24)31)26-14-19(3)25(17-30-26)23-16-21(29-4)12-10-18(23)2;/h6-10,12-17H,5H2,1-3H3;/q-1;. The normalized spacial score (nSPS) is 10.8. The van der Waals surface area contributed by atoms with E-state index in [1.165, 1.54) is 21.8 Å². The summed E-state index contributed by atoms with van der Waals surface area (Å²) in [6.45, 7) is 14.6. The Morgan fingerprint density at radius 3 is 2.50 bits per heavy atom. The molecule has 3 nitrogen and oxygen atoms in total. The van der Waals surface area contributed by atoms with Crippen molar-refractivity contribution in [1.82, 2.24) is 9.55 Å². The van der Waals surface area contributed by atoms with Gasteiger partial charge in [-0.1, -0.05) is 41.8 Å². The molecule has 0 amide bonds. The van der Waals surface area contributed by atoms with Crippen LogP contribution in [0.4, 0.5) is 5.69 Å². The fourth-order valence-electron chi connectivity index (χ4n) is 4.43. The van der Waals surface area contributed by atoms with Crippen molar-refractivity contribution >= 4 is 27.5 Å². The van der Waals surface area contributed by atoms with Gasteiger partial charge in [-0.15, -0.1) is 23.8 Å². The van der Waals surface area contributed by atoms with Crippen LogP contribution in [0.25, 0.3) is 49.0 Å². The molecule has 0 aliphatic carbocycles. The van der Waals surface area contributed by atoms with Crippen molar-refractivity contribution in [2.45, 2.75) is 27.3 Å². The number of fused-ring (bicyclic) bond motifs is 3. The minimum Gasteiger partial charge on any atom is -0.381 e. The van der Waals surface area contributed by atoms with Gasteiger partial charge in [-0.3, -0.25) is 0 Å². The zero-order valence-electron chi connectivity index (χ0n) is 18.2. The van der Waals surface area contributed by atoms with Crippen molar-refractivity contribution < 1.29 is 20.1 Å². The van der Waals surface area contributed by atoms with Crippen LogP contribution in [0.1, 0.15) is 18.1 Å². The van der Waals surface area contributed by atoms with E-state index in [2.05, 4.69) is 78.7 Å². The van der Waals surface area contributed by atoms with Crippen molar-refractivity contribution in [3.63, 3.8) is 0 Å². The smallest absolute Gasteiger partial charge is 0.187 e. The van der Waals surface area contributed by atoms with Gasteiger partial charge >= 0.3 is 0 Å². The average Bonchev–Trinajstić information content (AvgIpc) is 3.12. The maximum Gasteiger partial charge on any atom is 0.187 e. The van der Waals surface area contributed by atoms with E-state index in [0.29, 0.717) is 5.69 Å². The van der Waals surface area contributed by atoms with Crippen molar-refractivity contribution in [3.8, 4) is 22.4 Å². The molecule has 0 aliphatic rings. The number of hydrogen-bond donors (Lipinski definition) is 0. The molecule has 159 valence electrons. The zero-order chi connectivity index (χ0) is 21.5. The zero-order valence-corrected chi connectivity index (χ0v) is 20.6. The number of benzene rings is 3. The average molecular weight is 593 g/mol. The van der Waals surface area contributed by atoms with Crippen LogP contribution in [-0.4, -0.2) is 9.55 Å². The summed E-state index contributed by atoms with van der Waals surface area (Å²) in [5.41, 5.74) is 9.42. The summed E-state index contributed by atoms with van der Waals surface area (Å²) < 4.78 is 2.33. The Bertz CT molecular complexity index is 1510. The van der Waals surface area contributed by atoms with Crippen LogP contribution >= 0.6 is 0 Å². The third kappa shape index (κ3) is 3.54. The molecule has 5 aromatic rings. The maximum absolute atomic E-state index is 7.32. The molecular formula is C28H22IrN3-. The Morgan fingerprint density at radius 1 is 0.938 bits per heavy atom. The Morgan fingerprint density at radius 2 is 1.75 bits per heavy atom. The Balaban J connectivity index is 0.00000245. The quantitative estimate of drug-likeness (QED) is 0.199. The van der Waals surface area contributed by atoms with Gasteiger partial charge in [-0.25, -0.2) is 4.85 Å².